The van der Waals surface area contributed by atoms with Crippen molar-refractivity contribution in [3.63, 3.8) is 0 Å². The zero-order valence-corrected chi connectivity index (χ0v) is 12.9. The molecular formula is C17H14F4O3. The second-order valence-electron chi connectivity index (χ2n) is 4.93. The molecule has 0 radical (unpaired) electrons. The lowest BCUT2D eigenvalue weighted by Crippen LogP contribution is -2.50. The highest BCUT2D eigenvalue weighted by Crippen LogP contribution is 2.44. The third-order valence-electron chi connectivity index (χ3n) is 3.62. The summed E-state index contributed by atoms with van der Waals surface area (Å²) in [7, 11) is 1.95. The SMILES string of the molecule is COc1cc(C(=O)C(OC)(c2ccccc2)C(F)(F)F)ccc1F. The molecule has 3 nitrogen and oxygen atoms in total. The standard InChI is InChI=1S/C17H14F4O3/c1-23-14-10-11(8-9-13(14)18)15(22)16(24-2,17(19,20)21)12-6-4-3-5-7-12/h3-10H,1-2H3. The average Bonchev–Trinajstić information content (AvgIpc) is 2.56. The number of rotatable bonds is 5. The third kappa shape index (κ3) is 2.87. The predicted molar refractivity (Wildman–Crippen MR) is 78.5 cm³/mol. The largest absolute Gasteiger partial charge is 0.494 e. The highest BCUT2D eigenvalue weighted by Gasteiger charge is 2.62. The Morgan fingerprint density at radius 1 is 1.00 bits per heavy atom. The van der Waals surface area contributed by atoms with Gasteiger partial charge in [-0.05, 0) is 18.2 Å². The van der Waals surface area contributed by atoms with E-state index in [-0.39, 0.29) is 16.9 Å². The third-order valence-corrected chi connectivity index (χ3v) is 3.62. The smallest absolute Gasteiger partial charge is 0.429 e. The van der Waals surface area contributed by atoms with Crippen LogP contribution in [0.2, 0.25) is 0 Å². The molecule has 0 aliphatic carbocycles. The molecule has 1 unspecified atom stereocenters. The summed E-state index contributed by atoms with van der Waals surface area (Å²) in [6.07, 6.45) is -5.03. The van der Waals surface area contributed by atoms with Gasteiger partial charge in [-0.15, -0.1) is 0 Å². The average molecular weight is 342 g/mol. The number of ketones is 1. The molecule has 0 saturated heterocycles. The topological polar surface area (TPSA) is 35.5 Å². The first-order valence-electron chi connectivity index (χ1n) is 6.83. The fourth-order valence-corrected chi connectivity index (χ4v) is 2.43. The van der Waals surface area contributed by atoms with E-state index in [0.717, 1.165) is 44.6 Å². The molecule has 0 amide bonds. The van der Waals surface area contributed by atoms with Crippen LogP contribution in [0.15, 0.2) is 48.5 Å². The molecule has 0 bridgehead atoms. The summed E-state index contributed by atoms with van der Waals surface area (Å²) in [5, 5.41) is 0. The van der Waals surface area contributed by atoms with Crippen LogP contribution in [0.3, 0.4) is 0 Å². The van der Waals surface area contributed by atoms with Gasteiger partial charge in [0.25, 0.3) is 5.60 Å². The molecule has 2 rings (SSSR count). The van der Waals surface area contributed by atoms with Crippen molar-refractivity contribution in [1.82, 2.24) is 0 Å². The van der Waals surface area contributed by atoms with Gasteiger partial charge in [0.05, 0.1) is 7.11 Å². The Morgan fingerprint density at radius 2 is 1.62 bits per heavy atom. The molecule has 0 N–H and O–H groups in total. The molecule has 0 aliphatic rings. The number of carbonyl (C=O) groups excluding carboxylic acids is 1. The van der Waals surface area contributed by atoms with Crippen molar-refractivity contribution < 1.29 is 31.8 Å². The first kappa shape index (κ1) is 17.9. The van der Waals surface area contributed by atoms with Gasteiger partial charge in [-0.2, -0.15) is 13.2 Å². The van der Waals surface area contributed by atoms with Crippen LogP contribution in [-0.4, -0.2) is 26.2 Å². The minimum Gasteiger partial charge on any atom is -0.494 e. The lowest BCUT2D eigenvalue weighted by Gasteiger charge is -2.33. The molecule has 0 aromatic heterocycles. The quantitative estimate of drug-likeness (QED) is 0.606. The van der Waals surface area contributed by atoms with E-state index in [1.807, 2.05) is 0 Å². The summed E-state index contributed by atoms with van der Waals surface area (Å²) in [4.78, 5) is 12.7. The number of methoxy groups -OCH3 is 2. The van der Waals surface area contributed by atoms with E-state index in [4.69, 9.17) is 9.47 Å². The molecule has 128 valence electrons. The maximum Gasteiger partial charge on any atom is 0.429 e. The Kier molecular flexibility index (Phi) is 4.94. The van der Waals surface area contributed by atoms with E-state index in [1.54, 1.807) is 0 Å². The van der Waals surface area contributed by atoms with E-state index in [9.17, 15) is 22.4 Å². The molecule has 0 heterocycles. The van der Waals surface area contributed by atoms with Crippen molar-refractivity contribution in [2.75, 3.05) is 14.2 Å². The lowest BCUT2D eigenvalue weighted by atomic mass is 9.85. The number of carbonyl (C=O) groups is 1. The van der Waals surface area contributed by atoms with Crippen LogP contribution in [0, 0.1) is 5.82 Å². The predicted octanol–water partition coefficient (Wildman–Crippen LogP) is 4.12. The molecule has 7 heteroatoms. The fourth-order valence-electron chi connectivity index (χ4n) is 2.43. The maximum atomic E-state index is 13.8. The molecular weight excluding hydrogens is 328 g/mol. The molecule has 0 saturated carbocycles. The lowest BCUT2D eigenvalue weighted by molar-refractivity contribution is -0.252. The molecule has 0 aliphatic heterocycles. The first-order chi connectivity index (χ1) is 11.3. The van der Waals surface area contributed by atoms with E-state index in [1.165, 1.54) is 18.2 Å². The zero-order valence-electron chi connectivity index (χ0n) is 12.9. The summed E-state index contributed by atoms with van der Waals surface area (Å²) >= 11 is 0. The van der Waals surface area contributed by atoms with Crippen LogP contribution >= 0.6 is 0 Å². The van der Waals surface area contributed by atoms with Crippen LogP contribution in [0.25, 0.3) is 0 Å². The number of ether oxygens (including phenoxy) is 2. The summed E-state index contributed by atoms with van der Waals surface area (Å²) in [5.74, 6) is -2.48. The summed E-state index contributed by atoms with van der Waals surface area (Å²) in [6.45, 7) is 0. The molecule has 24 heavy (non-hydrogen) atoms. The van der Waals surface area contributed by atoms with Crippen molar-refractivity contribution in [2.45, 2.75) is 11.8 Å². The Bertz CT molecular complexity index is 728. The number of Topliss-reactive ketones (excluding diaryl/α,β-unsaturated/α-hetero) is 1. The Labute approximate surface area is 135 Å². The van der Waals surface area contributed by atoms with Crippen molar-refractivity contribution in [3.05, 3.63) is 65.5 Å². The van der Waals surface area contributed by atoms with Crippen LogP contribution in [0.4, 0.5) is 17.6 Å². The molecule has 0 fully saturated rings. The first-order valence-corrected chi connectivity index (χ1v) is 6.83. The normalized spacial score (nSPS) is 14.1. The molecule has 1 atom stereocenters. The van der Waals surface area contributed by atoms with Crippen molar-refractivity contribution in [1.29, 1.82) is 0 Å². The zero-order chi connectivity index (χ0) is 18.0. The highest BCUT2D eigenvalue weighted by molar-refractivity contribution is 6.04. The number of hydrogen-bond donors (Lipinski definition) is 0. The highest BCUT2D eigenvalue weighted by atomic mass is 19.4. The monoisotopic (exact) mass is 342 g/mol. The Hall–Kier alpha value is -2.41. The van der Waals surface area contributed by atoms with Crippen LogP contribution in [-0.2, 0) is 10.3 Å². The van der Waals surface area contributed by atoms with Gasteiger partial charge < -0.3 is 9.47 Å². The van der Waals surface area contributed by atoms with E-state index >= 15 is 0 Å². The van der Waals surface area contributed by atoms with Gasteiger partial charge in [-0.1, -0.05) is 30.3 Å². The Balaban J connectivity index is 2.66. The number of halogens is 4. The fraction of sp³-hybridized carbons (Fsp3) is 0.235. The van der Waals surface area contributed by atoms with Crippen LogP contribution < -0.4 is 4.74 Å². The summed E-state index contributed by atoms with van der Waals surface area (Å²) in [6, 6.07) is 9.30. The van der Waals surface area contributed by atoms with Crippen molar-refractivity contribution in [3.8, 4) is 5.75 Å². The van der Waals surface area contributed by atoms with Crippen molar-refractivity contribution >= 4 is 5.78 Å². The van der Waals surface area contributed by atoms with Crippen molar-refractivity contribution in [2.24, 2.45) is 0 Å². The minimum atomic E-state index is -5.03. The van der Waals surface area contributed by atoms with Gasteiger partial charge in [0.15, 0.2) is 11.6 Å². The molecule has 2 aromatic rings. The van der Waals surface area contributed by atoms with E-state index in [2.05, 4.69) is 0 Å². The summed E-state index contributed by atoms with van der Waals surface area (Å²) in [5.41, 5.74) is -3.94. The number of alkyl halides is 3. The van der Waals surface area contributed by atoms with Gasteiger partial charge in [0.2, 0.25) is 5.78 Å². The van der Waals surface area contributed by atoms with E-state index < -0.39 is 23.4 Å². The van der Waals surface area contributed by atoms with E-state index in [0.29, 0.717) is 0 Å². The maximum absolute atomic E-state index is 13.8. The summed E-state index contributed by atoms with van der Waals surface area (Å²) < 4.78 is 64.3. The minimum absolute atomic E-state index is 0.332. The van der Waals surface area contributed by atoms with Gasteiger partial charge in [0, 0.05) is 18.2 Å². The Morgan fingerprint density at radius 3 is 2.12 bits per heavy atom. The van der Waals surface area contributed by atoms with Crippen LogP contribution in [0.1, 0.15) is 15.9 Å². The number of benzene rings is 2. The molecule has 2 aromatic carbocycles. The van der Waals surface area contributed by atoms with Gasteiger partial charge in [-0.3, -0.25) is 4.79 Å². The number of hydrogen-bond acceptors (Lipinski definition) is 3. The van der Waals surface area contributed by atoms with Gasteiger partial charge in [0.1, 0.15) is 0 Å². The van der Waals surface area contributed by atoms with Gasteiger partial charge in [-0.25, -0.2) is 4.39 Å². The van der Waals surface area contributed by atoms with Gasteiger partial charge >= 0.3 is 6.18 Å². The second kappa shape index (κ2) is 6.60. The molecule has 0 spiro atoms. The second-order valence-corrected chi connectivity index (χ2v) is 4.93. The van der Waals surface area contributed by atoms with Crippen LogP contribution in [0.5, 0.6) is 5.75 Å².